The normalized spacial score (nSPS) is 10.3. The number of benzene rings is 3. The number of carbonyl (C=O) groups is 2. The van der Waals surface area contributed by atoms with Crippen LogP contribution in [-0.2, 0) is 17.8 Å². The Morgan fingerprint density at radius 3 is 2.18 bits per heavy atom. The molecule has 2 N–H and O–H groups in total. The van der Waals surface area contributed by atoms with Crippen molar-refractivity contribution < 1.29 is 19.4 Å². The van der Waals surface area contributed by atoms with Crippen LogP contribution in [0.4, 0.5) is 5.69 Å². The zero-order chi connectivity index (χ0) is 19.9. The van der Waals surface area contributed by atoms with Crippen molar-refractivity contribution in [3.63, 3.8) is 0 Å². The lowest BCUT2D eigenvalue weighted by Gasteiger charge is -2.09. The predicted octanol–water partition coefficient (Wildman–Crippen LogP) is 4.80. The standard InChI is InChI=1S/C22H18ClNO4/c23-19-3-1-2-4-20(19)24-22(27)17-9-11-18(12-10-17)28-14-16-7-5-15(6-8-16)13-21(25)26/h1-12H,13-14H2,(H,24,27)(H,25,26). The molecule has 0 saturated heterocycles. The molecule has 142 valence electrons. The number of nitrogens with one attached hydrogen (secondary N) is 1. The van der Waals surface area contributed by atoms with E-state index in [1.54, 1.807) is 60.7 Å². The van der Waals surface area contributed by atoms with Gasteiger partial charge in [0.15, 0.2) is 0 Å². The minimum atomic E-state index is -0.859. The van der Waals surface area contributed by atoms with Gasteiger partial charge in [-0.2, -0.15) is 0 Å². The molecule has 0 heterocycles. The summed E-state index contributed by atoms with van der Waals surface area (Å²) in [5.41, 5.74) is 2.71. The van der Waals surface area contributed by atoms with Crippen molar-refractivity contribution in [1.82, 2.24) is 0 Å². The van der Waals surface area contributed by atoms with E-state index in [0.717, 1.165) is 11.1 Å². The first kappa shape index (κ1) is 19.5. The van der Waals surface area contributed by atoms with Crippen LogP contribution in [0.15, 0.2) is 72.8 Å². The number of anilines is 1. The fourth-order valence-electron chi connectivity index (χ4n) is 2.55. The second-order valence-electron chi connectivity index (χ2n) is 6.13. The molecule has 0 unspecified atom stereocenters. The molecule has 0 aromatic heterocycles. The highest BCUT2D eigenvalue weighted by Gasteiger charge is 2.08. The van der Waals surface area contributed by atoms with Crippen LogP contribution in [0, 0.1) is 0 Å². The van der Waals surface area contributed by atoms with Gasteiger partial charge in [0.05, 0.1) is 17.1 Å². The predicted molar refractivity (Wildman–Crippen MR) is 108 cm³/mol. The summed E-state index contributed by atoms with van der Waals surface area (Å²) < 4.78 is 5.72. The van der Waals surface area contributed by atoms with E-state index < -0.39 is 5.97 Å². The van der Waals surface area contributed by atoms with Crippen LogP contribution in [0.2, 0.25) is 5.02 Å². The summed E-state index contributed by atoms with van der Waals surface area (Å²) in [4.78, 5) is 23.0. The van der Waals surface area contributed by atoms with Crippen molar-refractivity contribution in [1.29, 1.82) is 0 Å². The molecule has 0 atom stereocenters. The number of hydrogen-bond acceptors (Lipinski definition) is 3. The molecule has 0 aliphatic rings. The summed E-state index contributed by atoms with van der Waals surface area (Å²) in [5, 5.41) is 12.0. The highest BCUT2D eigenvalue weighted by molar-refractivity contribution is 6.33. The molecule has 3 aromatic rings. The number of rotatable bonds is 7. The van der Waals surface area contributed by atoms with Crippen molar-refractivity contribution in [2.24, 2.45) is 0 Å². The van der Waals surface area contributed by atoms with Gasteiger partial charge >= 0.3 is 5.97 Å². The van der Waals surface area contributed by atoms with Crippen LogP contribution in [0.5, 0.6) is 5.75 Å². The van der Waals surface area contributed by atoms with Crippen molar-refractivity contribution in [2.45, 2.75) is 13.0 Å². The Balaban J connectivity index is 1.56. The van der Waals surface area contributed by atoms with Crippen molar-refractivity contribution >= 4 is 29.2 Å². The number of ether oxygens (including phenoxy) is 1. The number of aliphatic carboxylic acids is 1. The molecule has 0 aliphatic heterocycles. The van der Waals surface area contributed by atoms with Gasteiger partial charge in [-0.15, -0.1) is 0 Å². The molecule has 0 aliphatic carbocycles. The third kappa shape index (κ3) is 5.34. The van der Waals surface area contributed by atoms with E-state index in [-0.39, 0.29) is 12.3 Å². The van der Waals surface area contributed by atoms with Gasteiger partial charge in [-0.05, 0) is 47.5 Å². The summed E-state index contributed by atoms with van der Waals surface area (Å²) >= 11 is 6.05. The number of amides is 1. The average molecular weight is 396 g/mol. The molecule has 0 bridgehead atoms. The van der Waals surface area contributed by atoms with Gasteiger partial charge in [0.1, 0.15) is 12.4 Å². The molecular weight excluding hydrogens is 378 g/mol. The third-order valence-electron chi connectivity index (χ3n) is 4.02. The molecule has 5 nitrogen and oxygen atoms in total. The first-order chi connectivity index (χ1) is 13.5. The summed E-state index contributed by atoms with van der Waals surface area (Å²) in [5.74, 6) is -0.486. The second-order valence-corrected chi connectivity index (χ2v) is 6.54. The average Bonchev–Trinajstić information content (AvgIpc) is 2.69. The maximum atomic E-state index is 12.3. The maximum Gasteiger partial charge on any atom is 0.307 e. The number of hydrogen-bond donors (Lipinski definition) is 2. The Hall–Kier alpha value is -3.31. The lowest BCUT2D eigenvalue weighted by molar-refractivity contribution is -0.136. The SMILES string of the molecule is O=C(O)Cc1ccc(COc2ccc(C(=O)Nc3ccccc3Cl)cc2)cc1. The van der Waals surface area contributed by atoms with E-state index in [4.69, 9.17) is 21.4 Å². The second kappa shape index (κ2) is 9.06. The molecule has 0 saturated carbocycles. The van der Waals surface area contributed by atoms with Gasteiger partial charge in [0, 0.05) is 5.56 Å². The van der Waals surface area contributed by atoms with Crippen LogP contribution in [0.25, 0.3) is 0 Å². The van der Waals surface area contributed by atoms with Crippen LogP contribution in [0.3, 0.4) is 0 Å². The minimum Gasteiger partial charge on any atom is -0.489 e. The van der Waals surface area contributed by atoms with E-state index in [9.17, 15) is 9.59 Å². The lowest BCUT2D eigenvalue weighted by Crippen LogP contribution is -2.12. The Morgan fingerprint density at radius 1 is 0.893 bits per heavy atom. The fraction of sp³-hybridized carbons (Fsp3) is 0.0909. The molecule has 6 heteroatoms. The van der Waals surface area contributed by atoms with E-state index in [1.165, 1.54) is 0 Å². The van der Waals surface area contributed by atoms with Crippen LogP contribution in [-0.4, -0.2) is 17.0 Å². The van der Waals surface area contributed by atoms with E-state index in [1.807, 2.05) is 12.1 Å². The van der Waals surface area contributed by atoms with Crippen molar-refractivity contribution in [2.75, 3.05) is 5.32 Å². The van der Waals surface area contributed by atoms with Crippen molar-refractivity contribution in [3.05, 3.63) is 94.5 Å². The Morgan fingerprint density at radius 2 is 1.54 bits per heavy atom. The Kier molecular flexibility index (Phi) is 6.29. The van der Waals surface area contributed by atoms with Gasteiger partial charge in [0.25, 0.3) is 5.91 Å². The third-order valence-corrected chi connectivity index (χ3v) is 4.35. The summed E-state index contributed by atoms with van der Waals surface area (Å²) in [7, 11) is 0. The Labute approximate surface area is 167 Å². The van der Waals surface area contributed by atoms with Crippen LogP contribution < -0.4 is 10.1 Å². The van der Waals surface area contributed by atoms with Crippen LogP contribution in [0.1, 0.15) is 21.5 Å². The molecule has 3 aromatic carbocycles. The Bertz CT molecular complexity index is 969. The van der Waals surface area contributed by atoms with E-state index in [2.05, 4.69) is 5.32 Å². The quantitative estimate of drug-likeness (QED) is 0.602. The number of carboxylic acid groups (broad SMARTS) is 1. The van der Waals surface area contributed by atoms with Gasteiger partial charge < -0.3 is 15.2 Å². The highest BCUT2D eigenvalue weighted by atomic mass is 35.5. The van der Waals surface area contributed by atoms with Gasteiger partial charge in [-0.25, -0.2) is 0 Å². The molecular formula is C22H18ClNO4. The summed E-state index contributed by atoms with van der Waals surface area (Å²) in [6.45, 7) is 0.346. The zero-order valence-electron chi connectivity index (χ0n) is 14.9. The number of halogens is 1. The minimum absolute atomic E-state index is 0.00113. The first-order valence-electron chi connectivity index (χ1n) is 8.59. The van der Waals surface area contributed by atoms with Crippen LogP contribution >= 0.6 is 11.6 Å². The number of carbonyl (C=O) groups excluding carboxylic acids is 1. The smallest absolute Gasteiger partial charge is 0.307 e. The van der Waals surface area contributed by atoms with E-state index >= 15 is 0 Å². The van der Waals surface area contributed by atoms with E-state index in [0.29, 0.717) is 28.6 Å². The topological polar surface area (TPSA) is 75.6 Å². The zero-order valence-corrected chi connectivity index (χ0v) is 15.6. The number of carboxylic acids is 1. The molecule has 0 radical (unpaired) electrons. The maximum absolute atomic E-state index is 12.3. The largest absolute Gasteiger partial charge is 0.489 e. The van der Waals surface area contributed by atoms with Gasteiger partial charge in [-0.1, -0.05) is 48.0 Å². The molecule has 1 amide bonds. The summed E-state index contributed by atoms with van der Waals surface area (Å²) in [6.07, 6.45) is -0.00113. The number of para-hydroxylation sites is 1. The first-order valence-corrected chi connectivity index (χ1v) is 8.97. The monoisotopic (exact) mass is 395 g/mol. The molecule has 0 fully saturated rings. The molecule has 28 heavy (non-hydrogen) atoms. The van der Waals surface area contributed by atoms with Gasteiger partial charge in [0.2, 0.25) is 0 Å². The lowest BCUT2D eigenvalue weighted by atomic mass is 10.1. The fourth-order valence-corrected chi connectivity index (χ4v) is 2.74. The van der Waals surface area contributed by atoms with Gasteiger partial charge in [-0.3, -0.25) is 9.59 Å². The molecule has 3 rings (SSSR count). The van der Waals surface area contributed by atoms with Crippen molar-refractivity contribution in [3.8, 4) is 5.75 Å². The summed E-state index contributed by atoms with van der Waals surface area (Å²) in [6, 6.07) is 21.1. The molecule has 0 spiro atoms. The highest BCUT2D eigenvalue weighted by Crippen LogP contribution is 2.22.